The van der Waals surface area contributed by atoms with E-state index in [1.807, 2.05) is 31.2 Å². The molecule has 0 aliphatic heterocycles. The summed E-state index contributed by atoms with van der Waals surface area (Å²) < 4.78 is 5.09. The lowest BCUT2D eigenvalue weighted by atomic mass is 10.1. The first kappa shape index (κ1) is 19.0. The largest absolute Gasteiger partial charge is 0.449 e. The van der Waals surface area contributed by atoms with Crippen LogP contribution in [0.1, 0.15) is 18.1 Å². The Kier molecular flexibility index (Phi) is 6.62. The molecule has 6 heteroatoms. The molecule has 0 fully saturated rings. The maximum Gasteiger partial charge on any atom is 0.331 e. The molecule has 0 saturated heterocycles. The van der Waals surface area contributed by atoms with Crippen LogP contribution in [0.4, 0.5) is 5.69 Å². The van der Waals surface area contributed by atoms with Crippen molar-refractivity contribution in [2.24, 2.45) is 0 Å². The van der Waals surface area contributed by atoms with E-state index in [-0.39, 0.29) is 0 Å². The summed E-state index contributed by atoms with van der Waals surface area (Å²) in [6.07, 6.45) is 1.92. The molecule has 2 aromatic rings. The van der Waals surface area contributed by atoms with E-state index in [1.54, 1.807) is 18.2 Å². The Labute approximate surface area is 156 Å². The third kappa shape index (κ3) is 5.93. The average Bonchev–Trinajstić information content (AvgIpc) is 2.57. The van der Waals surface area contributed by atoms with Gasteiger partial charge in [-0.25, -0.2) is 4.79 Å². The predicted molar refractivity (Wildman–Crippen MR) is 101 cm³/mol. The number of benzene rings is 2. The molecule has 4 nitrogen and oxygen atoms in total. The molecule has 2 aromatic carbocycles. The van der Waals surface area contributed by atoms with Crippen molar-refractivity contribution in [3.8, 4) is 0 Å². The Morgan fingerprint density at radius 2 is 1.80 bits per heavy atom. The number of carbonyl (C=O) groups excluding carboxylic acids is 2. The lowest BCUT2D eigenvalue weighted by Crippen LogP contribution is -2.29. The molecule has 1 N–H and O–H groups in total. The van der Waals surface area contributed by atoms with Crippen molar-refractivity contribution in [2.45, 2.75) is 20.0 Å². The van der Waals surface area contributed by atoms with E-state index in [2.05, 4.69) is 5.32 Å². The van der Waals surface area contributed by atoms with Gasteiger partial charge in [-0.1, -0.05) is 53.0 Å². The van der Waals surface area contributed by atoms with E-state index in [4.69, 9.17) is 27.9 Å². The van der Waals surface area contributed by atoms with Crippen LogP contribution in [0.5, 0.6) is 0 Å². The topological polar surface area (TPSA) is 55.4 Å². The molecule has 0 saturated carbocycles. The molecular formula is C19H17Cl2NO3. The van der Waals surface area contributed by atoms with Crippen LogP contribution in [-0.2, 0) is 14.3 Å². The molecular weight excluding hydrogens is 361 g/mol. The zero-order valence-electron chi connectivity index (χ0n) is 13.8. The summed E-state index contributed by atoms with van der Waals surface area (Å²) >= 11 is 11.9. The van der Waals surface area contributed by atoms with Gasteiger partial charge in [-0.15, -0.1) is 0 Å². The Bertz CT molecular complexity index is 801. The highest BCUT2D eigenvalue weighted by atomic mass is 35.5. The lowest BCUT2D eigenvalue weighted by molar-refractivity contribution is -0.148. The SMILES string of the molecule is Cc1ccc(/C=C/C(=O)O[C@H](C)C(=O)Nc2cc(Cl)ccc2Cl)cc1. The van der Waals surface area contributed by atoms with Gasteiger partial charge in [-0.3, -0.25) is 4.79 Å². The number of hydrogen-bond donors (Lipinski definition) is 1. The van der Waals surface area contributed by atoms with Gasteiger partial charge in [-0.05, 0) is 43.7 Å². The molecule has 0 bridgehead atoms. The van der Waals surface area contributed by atoms with Crippen molar-refractivity contribution < 1.29 is 14.3 Å². The third-order valence-electron chi connectivity index (χ3n) is 3.34. The summed E-state index contributed by atoms with van der Waals surface area (Å²) in [6.45, 7) is 3.46. The van der Waals surface area contributed by atoms with Gasteiger partial charge in [0.05, 0.1) is 10.7 Å². The van der Waals surface area contributed by atoms with Crippen molar-refractivity contribution in [1.29, 1.82) is 0 Å². The third-order valence-corrected chi connectivity index (χ3v) is 3.90. The number of halogens is 2. The number of hydrogen-bond acceptors (Lipinski definition) is 3. The molecule has 130 valence electrons. The second kappa shape index (κ2) is 8.70. The molecule has 0 aromatic heterocycles. The first-order valence-corrected chi connectivity index (χ1v) is 8.32. The fourth-order valence-corrected chi connectivity index (χ4v) is 2.27. The molecule has 2 rings (SSSR count). The number of anilines is 1. The normalized spacial score (nSPS) is 12.0. The van der Waals surface area contributed by atoms with Gasteiger partial charge in [0, 0.05) is 11.1 Å². The summed E-state index contributed by atoms with van der Waals surface area (Å²) in [5, 5.41) is 3.36. The summed E-state index contributed by atoms with van der Waals surface area (Å²) in [5.74, 6) is -1.11. The van der Waals surface area contributed by atoms with Crippen LogP contribution in [-0.4, -0.2) is 18.0 Å². The Morgan fingerprint density at radius 3 is 2.48 bits per heavy atom. The highest BCUT2D eigenvalue weighted by Crippen LogP contribution is 2.25. The fourth-order valence-electron chi connectivity index (χ4n) is 1.94. The maximum atomic E-state index is 12.1. The highest BCUT2D eigenvalue weighted by Gasteiger charge is 2.17. The van der Waals surface area contributed by atoms with Crippen molar-refractivity contribution in [3.05, 3.63) is 69.7 Å². The Hall–Kier alpha value is -2.30. The number of aryl methyl sites for hydroxylation is 1. The number of nitrogens with one attached hydrogen (secondary N) is 1. The van der Waals surface area contributed by atoms with Crippen LogP contribution < -0.4 is 5.32 Å². The second-order valence-corrected chi connectivity index (χ2v) is 6.28. The summed E-state index contributed by atoms with van der Waals surface area (Å²) in [6, 6.07) is 12.4. The van der Waals surface area contributed by atoms with E-state index in [1.165, 1.54) is 19.1 Å². The Morgan fingerprint density at radius 1 is 1.12 bits per heavy atom. The van der Waals surface area contributed by atoms with Crippen LogP contribution in [0.25, 0.3) is 6.08 Å². The standard InChI is InChI=1S/C19H17Cl2NO3/c1-12-3-5-14(6-4-12)7-10-18(23)25-13(2)19(24)22-17-11-15(20)8-9-16(17)21/h3-11,13H,1-2H3,(H,22,24)/b10-7+/t13-/m1/s1. The number of ether oxygens (including phenoxy) is 1. The van der Waals surface area contributed by atoms with Crippen LogP contribution in [0, 0.1) is 6.92 Å². The number of esters is 1. The van der Waals surface area contributed by atoms with E-state index < -0.39 is 18.0 Å². The molecule has 0 spiro atoms. The van der Waals surface area contributed by atoms with Gasteiger partial charge in [-0.2, -0.15) is 0 Å². The number of carbonyl (C=O) groups is 2. The molecule has 0 unspecified atom stereocenters. The Balaban J connectivity index is 1.92. The monoisotopic (exact) mass is 377 g/mol. The van der Waals surface area contributed by atoms with Crippen molar-refractivity contribution in [1.82, 2.24) is 0 Å². The number of rotatable bonds is 5. The van der Waals surface area contributed by atoms with Gasteiger partial charge in [0.25, 0.3) is 5.91 Å². The average molecular weight is 378 g/mol. The highest BCUT2D eigenvalue weighted by molar-refractivity contribution is 6.35. The lowest BCUT2D eigenvalue weighted by Gasteiger charge is -2.13. The minimum atomic E-state index is -0.981. The molecule has 0 heterocycles. The predicted octanol–water partition coefficient (Wildman–Crippen LogP) is 4.89. The van der Waals surface area contributed by atoms with Crippen LogP contribution in [0.15, 0.2) is 48.5 Å². The van der Waals surface area contributed by atoms with Crippen molar-refractivity contribution >= 4 is 46.8 Å². The fraction of sp³-hybridized carbons (Fsp3) is 0.158. The molecule has 0 radical (unpaired) electrons. The van der Waals surface area contributed by atoms with Gasteiger partial charge in [0.15, 0.2) is 6.10 Å². The van der Waals surface area contributed by atoms with Crippen LogP contribution in [0.2, 0.25) is 10.0 Å². The van der Waals surface area contributed by atoms with E-state index in [0.29, 0.717) is 15.7 Å². The zero-order valence-corrected chi connectivity index (χ0v) is 15.3. The molecule has 1 atom stereocenters. The smallest absolute Gasteiger partial charge is 0.331 e. The number of amides is 1. The minimum absolute atomic E-state index is 0.343. The van der Waals surface area contributed by atoms with Gasteiger partial charge in [0.2, 0.25) is 0 Å². The van der Waals surface area contributed by atoms with Gasteiger partial charge in [0.1, 0.15) is 0 Å². The summed E-state index contributed by atoms with van der Waals surface area (Å²) in [4.78, 5) is 23.9. The van der Waals surface area contributed by atoms with Gasteiger partial charge < -0.3 is 10.1 Å². The second-order valence-electron chi connectivity index (χ2n) is 5.44. The van der Waals surface area contributed by atoms with E-state index in [9.17, 15) is 9.59 Å². The zero-order chi connectivity index (χ0) is 18.4. The van der Waals surface area contributed by atoms with Crippen molar-refractivity contribution in [2.75, 3.05) is 5.32 Å². The maximum absolute atomic E-state index is 12.1. The van der Waals surface area contributed by atoms with Crippen LogP contribution >= 0.6 is 23.2 Å². The molecule has 0 aliphatic carbocycles. The first-order chi connectivity index (χ1) is 11.8. The van der Waals surface area contributed by atoms with Crippen molar-refractivity contribution in [3.63, 3.8) is 0 Å². The van der Waals surface area contributed by atoms with E-state index >= 15 is 0 Å². The molecule has 25 heavy (non-hydrogen) atoms. The first-order valence-electron chi connectivity index (χ1n) is 7.56. The van der Waals surface area contributed by atoms with Crippen LogP contribution in [0.3, 0.4) is 0 Å². The summed E-state index contributed by atoms with van der Waals surface area (Å²) in [5.41, 5.74) is 2.35. The summed E-state index contributed by atoms with van der Waals surface area (Å²) in [7, 11) is 0. The van der Waals surface area contributed by atoms with Gasteiger partial charge >= 0.3 is 5.97 Å². The molecule has 1 amide bonds. The minimum Gasteiger partial charge on any atom is -0.449 e. The molecule has 0 aliphatic rings. The quantitative estimate of drug-likeness (QED) is 0.596. The van der Waals surface area contributed by atoms with E-state index in [0.717, 1.165) is 11.1 Å².